The number of carbonyl (C=O) groups is 2. The molecule has 8 nitrogen and oxygen atoms in total. The summed E-state index contributed by atoms with van der Waals surface area (Å²) in [6.07, 6.45) is 3.83. The van der Waals surface area contributed by atoms with Crippen LogP contribution in [-0.4, -0.2) is 76.8 Å². The molecule has 3 heterocycles. The van der Waals surface area contributed by atoms with E-state index in [1.54, 1.807) is 0 Å². The topological polar surface area (TPSA) is 79.7 Å². The monoisotopic (exact) mass is 423 g/mol. The predicted octanol–water partition coefficient (Wildman–Crippen LogP) is 2.01. The van der Waals surface area contributed by atoms with Gasteiger partial charge in [0.1, 0.15) is 11.9 Å². The van der Waals surface area contributed by atoms with Gasteiger partial charge in [0.2, 0.25) is 5.91 Å². The molecule has 8 heteroatoms. The minimum absolute atomic E-state index is 0.0571. The molecule has 0 radical (unpaired) electrons. The molecular formula is C23H29N5O3. The summed E-state index contributed by atoms with van der Waals surface area (Å²) in [4.78, 5) is 29.3. The first kappa shape index (κ1) is 20.2. The standard InChI is InChI=1S/C23H29N5O3/c29-22(16-26-10-12-27(13-11-26)23(30)20-7-4-14-31-20)24-21-15-19(17-8-9-17)25-28(21)18-5-2-1-3-6-18/h1-3,5-6,15,17,20H,4,7-14,16H2,(H,24,29). The zero-order chi connectivity index (χ0) is 21.2. The lowest BCUT2D eigenvalue weighted by atomic mass is 10.2. The van der Waals surface area contributed by atoms with Crippen LogP contribution in [-0.2, 0) is 14.3 Å². The van der Waals surface area contributed by atoms with E-state index in [1.807, 2.05) is 46.0 Å². The van der Waals surface area contributed by atoms with Gasteiger partial charge in [-0.05, 0) is 37.8 Å². The Morgan fingerprint density at radius 1 is 1.06 bits per heavy atom. The minimum Gasteiger partial charge on any atom is -0.368 e. The highest BCUT2D eigenvalue weighted by atomic mass is 16.5. The second-order valence-corrected chi connectivity index (χ2v) is 8.63. The number of hydrogen-bond acceptors (Lipinski definition) is 5. The second-order valence-electron chi connectivity index (χ2n) is 8.63. The summed E-state index contributed by atoms with van der Waals surface area (Å²) in [6.45, 7) is 3.65. The van der Waals surface area contributed by atoms with E-state index in [2.05, 4.69) is 10.2 Å². The van der Waals surface area contributed by atoms with Crippen LogP contribution in [0.25, 0.3) is 5.69 Å². The fraction of sp³-hybridized carbons (Fsp3) is 0.522. The van der Waals surface area contributed by atoms with E-state index in [1.165, 1.54) is 0 Å². The molecule has 3 aliphatic rings. The number of carbonyl (C=O) groups excluding carboxylic acids is 2. The number of nitrogens with zero attached hydrogens (tertiary/aromatic N) is 4. The molecule has 2 aliphatic heterocycles. The SMILES string of the molecule is O=C(CN1CCN(C(=O)C2CCCO2)CC1)Nc1cc(C2CC2)nn1-c1ccccc1. The van der Waals surface area contributed by atoms with E-state index in [0.717, 1.165) is 37.1 Å². The van der Waals surface area contributed by atoms with Gasteiger partial charge in [-0.1, -0.05) is 18.2 Å². The molecule has 2 amide bonds. The number of amides is 2. The van der Waals surface area contributed by atoms with Crippen LogP contribution >= 0.6 is 0 Å². The normalized spacial score (nSPS) is 21.9. The lowest BCUT2D eigenvalue weighted by Crippen LogP contribution is -2.52. The van der Waals surface area contributed by atoms with Crippen LogP contribution in [0, 0.1) is 0 Å². The zero-order valence-electron chi connectivity index (χ0n) is 17.7. The van der Waals surface area contributed by atoms with Crippen molar-refractivity contribution < 1.29 is 14.3 Å². The molecule has 0 bridgehead atoms. The highest BCUT2D eigenvalue weighted by Gasteiger charge is 2.31. The number of hydrogen-bond donors (Lipinski definition) is 1. The van der Waals surface area contributed by atoms with Crippen LogP contribution in [0.4, 0.5) is 5.82 Å². The van der Waals surface area contributed by atoms with E-state index in [0.29, 0.717) is 51.1 Å². The number of benzene rings is 1. The molecule has 31 heavy (non-hydrogen) atoms. The lowest BCUT2D eigenvalue weighted by Gasteiger charge is -2.35. The van der Waals surface area contributed by atoms with Gasteiger partial charge in [0.05, 0.1) is 17.9 Å². The molecule has 1 aromatic heterocycles. The summed E-state index contributed by atoms with van der Waals surface area (Å²) < 4.78 is 7.34. The van der Waals surface area contributed by atoms with Gasteiger partial charge in [0, 0.05) is 44.8 Å². The van der Waals surface area contributed by atoms with E-state index < -0.39 is 0 Å². The number of piperazine rings is 1. The van der Waals surface area contributed by atoms with Gasteiger partial charge in [-0.3, -0.25) is 14.5 Å². The maximum Gasteiger partial charge on any atom is 0.251 e. The van der Waals surface area contributed by atoms with Gasteiger partial charge in [0.25, 0.3) is 5.91 Å². The predicted molar refractivity (Wildman–Crippen MR) is 116 cm³/mol. The van der Waals surface area contributed by atoms with Gasteiger partial charge >= 0.3 is 0 Å². The van der Waals surface area contributed by atoms with Crippen LogP contribution in [0.15, 0.2) is 36.4 Å². The van der Waals surface area contributed by atoms with E-state index in [9.17, 15) is 9.59 Å². The van der Waals surface area contributed by atoms with Crippen molar-refractivity contribution in [2.24, 2.45) is 0 Å². The Kier molecular flexibility index (Phi) is 5.74. The van der Waals surface area contributed by atoms with Crippen molar-refractivity contribution in [3.63, 3.8) is 0 Å². The molecule has 2 aromatic rings. The Morgan fingerprint density at radius 3 is 2.52 bits per heavy atom. The maximum absolute atomic E-state index is 12.8. The summed E-state index contributed by atoms with van der Waals surface area (Å²) in [6, 6.07) is 11.9. The number of anilines is 1. The van der Waals surface area contributed by atoms with Crippen molar-refractivity contribution in [2.75, 3.05) is 44.6 Å². The van der Waals surface area contributed by atoms with Crippen LogP contribution < -0.4 is 5.32 Å². The third-order valence-corrected chi connectivity index (χ3v) is 6.25. The van der Waals surface area contributed by atoms with Gasteiger partial charge in [-0.25, -0.2) is 4.68 Å². The van der Waals surface area contributed by atoms with E-state index in [4.69, 9.17) is 9.84 Å². The molecule has 1 N–H and O–H groups in total. The lowest BCUT2D eigenvalue weighted by molar-refractivity contribution is -0.142. The largest absolute Gasteiger partial charge is 0.368 e. The summed E-state index contributed by atoms with van der Waals surface area (Å²) in [5, 5.41) is 7.80. The Balaban J connectivity index is 1.18. The van der Waals surface area contributed by atoms with Gasteiger partial charge < -0.3 is 15.0 Å². The third kappa shape index (κ3) is 4.65. The maximum atomic E-state index is 12.8. The Labute approximate surface area is 182 Å². The summed E-state index contributed by atoms with van der Waals surface area (Å²) in [5.74, 6) is 1.26. The van der Waals surface area contributed by atoms with Crippen LogP contribution in [0.3, 0.4) is 0 Å². The van der Waals surface area contributed by atoms with Crippen molar-refractivity contribution in [1.29, 1.82) is 0 Å². The molecule has 1 saturated carbocycles. The van der Waals surface area contributed by atoms with E-state index in [-0.39, 0.29) is 17.9 Å². The molecule has 3 fully saturated rings. The van der Waals surface area contributed by atoms with Crippen molar-refractivity contribution in [2.45, 2.75) is 37.7 Å². The quantitative estimate of drug-likeness (QED) is 0.769. The summed E-state index contributed by atoms with van der Waals surface area (Å²) in [5.41, 5.74) is 1.98. The molecule has 5 rings (SSSR count). The molecule has 1 aromatic carbocycles. The highest BCUT2D eigenvalue weighted by Crippen LogP contribution is 2.40. The zero-order valence-corrected chi connectivity index (χ0v) is 17.7. The van der Waals surface area contributed by atoms with Crippen LogP contribution in [0.1, 0.15) is 37.3 Å². The van der Waals surface area contributed by atoms with Crippen LogP contribution in [0.5, 0.6) is 0 Å². The Morgan fingerprint density at radius 2 is 1.84 bits per heavy atom. The van der Waals surface area contributed by atoms with Crippen LogP contribution in [0.2, 0.25) is 0 Å². The molecule has 1 aliphatic carbocycles. The summed E-state index contributed by atoms with van der Waals surface area (Å²) >= 11 is 0. The first-order valence-electron chi connectivity index (χ1n) is 11.3. The fourth-order valence-electron chi connectivity index (χ4n) is 4.32. The van der Waals surface area contributed by atoms with E-state index >= 15 is 0 Å². The summed E-state index contributed by atoms with van der Waals surface area (Å²) in [7, 11) is 0. The number of para-hydroxylation sites is 1. The second kappa shape index (κ2) is 8.80. The van der Waals surface area contributed by atoms with Gasteiger partial charge in [0.15, 0.2) is 0 Å². The molecule has 1 unspecified atom stereocenters. The fourth-order valence-corrected chi connectivity index (χ4v) is 4.32. The van der Waals surface area contributed by atoms with Crippen molar-refractivity contribution >= 4 is 17.6 Å². The molecule has 164 valence electrons. The van der Waals surface area contributed by atoms with Gasteiger partial charge in [-0.15, -0.1) is 0 Å². The van der Waals surface area contributed by atoms with Crippen molar-refractivity contribution in [3.8, 4) is 5.69 Å². The Hall–Kier alpha value is -2.71. The van der Waals surface area contributed by atoms with Gasteiger partial charge in [-0.2, -0.15) is 5.10 Å². The number of nitrogens with one attached hydrogen (secondary N) is 1. The first-order chi connectivity index (χ1) is 15.2. The first-order valence-corrected chi connectivity index (χ1v) is 11.3. The van der Waals surface area contributed by atoms with Crippen molar-refractivity contribution in [1.82, 2.24) is 19.6 Å². The molecule has 0 spiro atoms. The highest BCUT2D eigenvalue weighted by molar-refractivity contribution is 5.92. The number of aromatic nitrogens is 2. The smallest absolute Gasteiger partial charge is 0.251 e. The average molecular weight is 424 g/mol. The van der Waals surface area contributed by atoms with Crippen molar-refractivity contribution in [3.05, 3.63) is 42.1 Å². The molecule has 2 saturated heterocycles. The average Bonchev–Trinajstić information content (AvgIpc) is 3.33. The molecular weight excluding hydrogens is 394 g/mol. The minimum atomic E-state index is -0.270. The molecule has 1 atom stereocenters. The Bertz CT molecular complexity index is 926. The number of rotatable bonds is 6. The third-order valence-electron chi connectivity index (χ3n) is 6.25. The number of ether oxygens (including phenoxy) is 1.